The molecular weight excluding hydrogens is 268 g/mol. The smallest absolute Gasteiger partial charge is 0.0642 e. The molecule has 0 bridgehead atoms. The molecule has 1 aromatic rings. The summed E-state index contributed by atoms with van der Waals surface area (Å²) in [5.74, 6) is 1.84. The monoisotopic (exact) mass is 292 g/mol. The SMILES string of the molecule is CC(N)c1ccc(N2CCC3CCCCC3C2)c(Cl)c1. The Labute approximate surface area is 127 Å². The molecule has 0 radical (unpaired) electrons. The lowest BCUT2D eigenvalue weighted by Crippen LogP contribution is -2.41. The van der Waals surface area contributed by atoms with Gasteiger partial charge in [-0.05, 0) is 49.3 Å². The highest BCUT2D eigenvalue weighted by Gasteiger charge is 2.31. The van der Waals surface area contributed by atoms with Gasteiger partial charge in [0.1, 0.15) is 0 Å². The molecule has 2 aliphatic rings. The Balaban J connectivity index is 1.76. The Morgan fingerprint density at radius 2 is 1.95 bits per heavy atom. The maximum Gasteiger partial charge on any atom is 0.0642 e. The van der Waals surface area contributed by atoms with Crippen molar-refractivity contribution in [1.29, 1.82) is 0 Å². The average molecular weight is 293 g/mol. The first kappa shape index (κ1) is 14.2. The van der Waals surface area contributed by atoms with Gasteiger partial charge in [-0.25, -0.2) is 0 Å². The number of benzene rings is 1. The van der Waals surface area contributed by atoms with Crippen LogP contribution in [0.4, 0.5) is 5.69 Å². The number of nitrogens with two attached hydrogens (primary N) is 1. The maximum atomic E-state index is 6.48. The van der Waals surface area contributed by atoms with Gasteiger partial charge in [-0.15, -0.1) is 0 Å². The maximum absolute atomic E-state index is 6.48. The summed E-state index contributed by atoms with van der Waals surface area (Å²) in [5.41, 5.74) is 8.24. The highest BCUT2D eigenvalue weighted by Crippen LogP contribution is 2.39. The van der Waals surface area contributed by atoms with E-state index in [9.17, 15) is 0 Å². The summed E-state index contributed by atoms with van der Waals surface area (Å²) in [6.45, 7) is 4.33. The molecule has 0 aromatic heterocycles. The lowest BCUT2D eigenvalue weighted by atomic mass is 9.75. The standard InChI is InChI=1S/C17H25ClN2/c1-12(19)14-6-7-17(16(18)10-14)20-9-8-13-4-2-3-5-15(13)11-20/h6-7,10,12-13,15H,2-5,8-9,11,19H2,1H3. The van der Waals surface area contributed by atoms with Gasteiger partial charge in [-0.2, -0.15) is 0 Å². The summed E-state index contributed by atoms with van der Waals surface area (Å²) < 4.78 is 0. The van der Waals surface area contributed by atoms with Crippen molar-refractivity contribution in [3.05, 3.63) is 28.8 Å². The van der Waals surface area contributed by atoms with Crippen molar-refractivity contribution < 1.29 is 0 Å². The molecule has 20 heavy (non-hydrogen) atoms. The van der Waals surface area contributed by atoms with Crippen LogP contribution in [0.3, 0.4) is 0 Å². The molecule has 1 heterocycles. The molecule has 0 spiro atoms. The molecule has 1 saturated carbocycles. The molecule has 110 valence electrons. The first-order chi connectivity index (χ1) is 9.65. The second-order valence-corrected chi connectivity index (χ2v) is 6.95. The fourth-order valence-corrected chi connectivity index (χ4v) is 4.19. The van der Waals surface area contributed by atoms with E-state index in [-0.39, 0.29) is 6.04 Å². The zero-order chi connectivity index (χ0) is 14.1. The molecule has 3 unspecified atom stereocenters. The summed E-state index contributed by atoms with van der Waals surface area (Å²) in [6.07, 6.45) is 7.01. The van der Waals surface area contributed by atoms with E-state index in [1.807, 2.05) is 13.0 Å². The highest BCUT2D eigenvalue weighted by molar-refractivity contribution is 6.33. The van der Waals surface area contributed by atoms with E-state index < -0.39 is 0 Å². The van der Waals surface area contributed by atoms with Crippen molar-refractivity contribution in [2.75, 3.05) is 18.0 Å². The molecule has 0 amide bonds. The summed E-state index contributed by atoms with van der Waals surface area (Å²) in [4.78, 5) is 2.49. The molecule has 1 aromatic carbocycles. The van der Waals surface area contributed by atoms with Gasteiger partial charge < -0.3 is 10.6 Å². The number of piperidine rings is 1. The Morgan fingerprint density at radius 1 is 1.20 bits per heavy atom. The number of fused-ring (bicyclic) bond motifs is 1. The minimum absolute atomic E-state index is 0.0469. The highest BCUT2D eigenvalue weighted by atomic mass is 35.5. The predicted molar refractivity (Wildman–Crippen MR) is 86.3 cm³/mol. The molecule has 1 saturated heterocycles. The van der Waals surface area contributed by atoms with Gasteiger partial charge in [0.25, 0.3) is 0 Å². The quantitative estimate of drug-likeness (QED) is 0.877. The third-order valence-corrected chi connectivity index (χ3v) is 5.43. The van der Waals surface area contributed by atoms with E-state index >= 15 is 0 Å². The number of hydrogen-bond acceptors (Lipinski definition) is 2. The normalized spacial score (nSPS) is 28.1. The molecule has 3 rings (SSSR count). The van der Waals surface area contributed by atoms with E-state index in [2.05, 4.69) is 17.0 Å². The van der Waals surface area contributed by atoms with Crippen molar-refractivity contribution in [3.8, 4) is 0 Å². The Morgan fingerprint density at radius 3 is 2.65 bits per heavy atom. The van der Waals surface area contributed by atoms with Crippen LogP contribution >= 0.6 is 11.6 Å². The van der Waals surface area contributed by atoms with Gasteiger partial charge in [-0.3, -0.25) is 0 Å². The van der Waals surface area contributed by atoms with Gasteiger partial charge in [0.05, 0.1) is 10.7 Å². The van der Waals surface area contributed by atoms with E-state index in [4.69, 9.17) is 17.3 Å². The molecule has 2 fully saturated rings. The van der Waals surface area contributed by atoms with Crippen LogP contribution in [0.15, 0.2) is 18.2 Å². The topological polar surface area (TPSA) is 29.3 Å². The Hall–Kier alpha value is -0.730. The van der Waals surface area contributed by atoms with Gasteiger partial charge in [0, 0.05) is 19.1 Å². The summed E-state index contributed by atoms with van der Waals surface area (Å²) >= 11 is 6.48. The molecule has 3 heteroatoms. The van der Waals surface area contributed by atoms with E-state index in [0.717, 1.165) is 29.0 Å². The van der Waals surface area contributed by atoms with Gasteiger partial charge in [0.15, 0.2) is 0 Å². The van der Waals surface area contributed by atoms with Gasteiger partial charge in [-0.1, -0.05) is 36.9 Å². The Kier molecular flexibility index (Phi) is 4.23. The van der Waals surface area contributed by atoms with Crippen LogP contribution in [0.2, 0.25) is 5.02 Å². The van der Waals surface area contributed by atoms with Crippen LogP contribution in [0.25, 0.3) is 0 Å². The van der Waals surface area contributed by atoms with Crippen molar-refractivity contribution in [3.63, 3.8) is 0 Å². The van der Waals surface area contributed by atoms with Crippen LogP contribution in [-0.4, -0.2) is 13.1 Å². The van der Waals surface area contributed by atoms with E-state index in [1.165, 1.54) is 44.3 Å². The zero-order valence-electron chi connectivity index (χ0n) is 12.3. The van der Waals surface area contributed by atoms with E-state index in [0.29, 0.717) is 0 Å². The number of rotatable bonds is 2. The second kappa shape index (κ2) is 5.95. The first-order valence-electron chi connectivity index (χ1n) is 7.95. The Bertz CT molecular complexity index is 472. The van der Waals surface area contributed by atoms with Crippen molar-refractivity contribution in [2.24, 2.45) is 17.6 Å². The molecule has 2 nitrogen and oxygen atoms in total. The third kappa shape index (κ3) is 2.82. The van der Waals surface area contributed by atoms with Crippen LogP contribution < -0.4 is 10.6 Å². The fourth-order valence-electron chi connectivity index (χ4n) is 3.88. The number of halogens is 1. The minimum atomic E-state index is 0.0469. The van der Waals surface area contributed by atoms with E-state index in [1.54, 1.807) is 0 Å². The van der Waals surface area contributed by atoms with Crippen LogP contribution in [0, 0.1) is 11.8 Å². The second-order valence-electron chi connectivity index (χ2n) is 6.54. The van der Waals surface area contributed by atoms with Crippen molar-refractivity contribution in [1.82, 2.24) is 0 Å². The molecule has 1 aliphatic carbocycles. The van der Waals surface area contributed by atoms with Crippen LogP contribution in [0.1, 0.15) is 50.6 Å². The van der Waals surface area contributed by atoms with Crippen LogP contribution in [0.5, 0.6) is 0 Å². The third-order valence-electron chi connectivity index (χ3n) is 5.13. The molecular formula is C17H25ClN2. The number of anilines is 1. The lowest BCUT2D eigenvalue weighted by Gasteiger charge is -2.42. The molecule has 2 N–H and O–H groups in total. The summed E-state index contributed by atoms with van der Waals surface area (Å²) in [6, 6.07) is 6.36. The zero-order valence-corrected chi connectivity index (χ0v) is 13.1. The van der Waals surface area contributed by atoms with Crippen molar-refractivity contribution >= 4 is 17.3 Å². The number of hydrogen-bond donors (Lipinski definition) is 1. The largest absolute Gasteiger partial charge is 0.370 e. The van der Waals surface area contributed by atoms with Crippen LogP contribution in [-0.2, 0) is 0 Å². The lowest BCUT2D eigenvalue weighted by molar-refractivity contribution is 0.202. The predicted octanol–water partition coefficient (Wildman–Crippen LogP) is 4.38. The average Bonchev–Trinajstić information content (AvgIpc) is 2.46. The molecule has 3 atom stereocenters. The number of nitrogens with zero attached hydrogens (tertiary/aromatic N) is 1. The summed E-state index contributed by atoms with van der Waals surface area (Å²) in [5, 5.41) is 0.856. The minimum Gasteiger partial charge on any atom is -0.370 e. The fraction of sp³-hybridized carbons (Fsp3) is 0.647. The first-order valence-corrected chi connectivity index (χ1v) is 8.33. The van der Waals surface area contributed by atoms with Gasteiger partial charge >= 0.3 is 0 Å². The van der Waals surface area contributed by atoms with Crippen molar-refractivity contribution in [2.45, 2.75) is 45.1 Å². The van der Waals surface area contributed by atoms with Gasteiger partial charge in [0.2, 0.25) is 0 Å². The molecule has 1 aliphatic heterocycles. The summed E-state index contributed by atoms with van der Waals surface area (Å²) in [7, 11) is 0.